The highest BCUT2D eigenvalue weighted by Gasteiger charge is 1.95. The summed E-state index contributed by atoms with van der Waals surface area (Å²) < 4.78 is 10.6. The molecule has 2 aromatic rings. The van der Waals surface area contributed by atoms with Crippen LogP contribution in [0.3, 0.4) is 0 Å². The second-order valence-electron chi connectivity index (χ2n) is 4.32. The van der Waals surface area contributed by atoms with Gasteiger partial charge in [-0.15, -0.1) is 6.58 Å². The van der Waals surface area contributed by atoms with E-state index in [0.29, 0.717) is 6.61 Å². The Labute approximate surface area is 124 Å². The van der Waals surface area contributed by atoms with Crippen LogP contribution in [0.4, 0.5) is 11.4 Å². The molecule has 0 unspecified atom stereocenters. The third-order valence-corrected chi connectivity index (χ3v) is 2.78. The zero-order chi connectivity index (χ0) is 14.9. The lowest BCUT2D eigenvalue weighted by Gasteiger charge is -2.03. The van der Waals surface area contributed by atoms with E-state index in [9.17, 15) is 0 Å². The smallest absolute Gasteiger partial charge is 0.119 e. The largest absolute Gasteiger partial charge is 0.497 e. The Morgan fingerprint density at radius 3 is 1.90 bits per heavy atom. The molecule has 0 aromatic heterocycles. The van der Waals surface area contributed by atoms with Gasteiger partial charge >= 0.3 is 0 Å². The first-order chi connectivity index (χ1) is 10.3. The number of hydrogen-bond acceptors (Lipinski definition) is 4. The van der Waals surface area contributed by atoms with Crippen LogP contribution < -0.4 is 9.47 Å². The van der Waals surface area contributed by atoms with Crippen molar-refractivity contribution in [3.63, 3.8) is 0 Å². The quantitative estimate of drug-likeness (QED) is 0.404. The SMILES string of the molecule is C=CCCOc1ccc(N=Nc2ccc(OC)cc2)cc1. The lowest BCUT2D eigenvalue weighted by Crippen LogP contribution is -1.94. The van der Waals surface area contributed by atoms with Crippen LogP contribution in [0.2, 0.25) is 0 Å². The predicted octanol–water partition coefficient (Wildman–Crippen LogP) is 5.07. The van der Waals surface area contributed by atoms with Gasteiger partial charge in [0.05, 0.1) is 25.1 Å². The van der Waals surface area contributed by atoms with Crippen molar-refractivity contribution in [3.05, 3.63) is 61.2 Å². The zero-order valence-electron chi connectivity index (χ0n) is 12.0. The van der Waals surface area contributed by atoms with Crippen molar-refractivity contribution in [1.82, 2.24) is 0 Å². The molecule has 0 aliphatic heterocycles. The fourth-order valence-corrected chi connectivity index (χ4v) is 1.63. The average Bonchev–Trinajstić information content (AvgIpc) is 2.55. The van der Waals surface area contributed by atoms with Crippen molar-refractivity contribution >= 4 is 11.4 Å². The van der Waals surface area contributed by atoms with Gasteiger partial charge in [-0.1, -0.05) is 6.08 Å². The van der Waals surface area contributed by atoms with Crippen LogP contribution in [0.25, 0.3) is 0 Å². The van der Waals surface area contributed by atoms with Crippen molar-refractivity contribution in [1.29, 1.82) is 0 Å². The molecule has 2 rings (SSSR count). The molecule has 0 amide bonds. The molecule has 0 saturated carbocycles. The third-order valence-electron chi connectivity index (χ3n) is 2.78. The summed E-state index contributed by atoms with van der Waals surface area (Å²) in [5, 5.41) is 8.35. The molecule has 0 saturated heterocycles. The van der Waals surface area contributed by atoms with Gasteiger partial charge in [0, 0.05) is 0 Å². The average molecular weight is 282 g/mol. The van der Waals surface area contributed by atoms with E-state index in [4.69, 9.17) is 9.47 Å². The van der Waals surface area contributed by atoms with Crippen LogP contribution in [0.5, 0.6) is 11.5 Å². The Hall–Kier alpha value is -2.62. The van der Waals surface area contributed by atoms with Crippen molar-refractivity contribution in [2.75, 3.05) is 13.7 Å². The summed E-state index contributed by atoms with van der Waals surface area (Å²) in [7, 11) is 1.63. The van der Waals surface area contributed by atoms with Crippen LogP contribution in [-0.2, 0) is 0 Å². The Morgan fingerprint density at radius 2 is 1.43 bits per heavy atom. The molecule has 2 aromatic carbocycles. The number of nitrogens with zero attached hydrogens (tertiary/aromatic N) is 2. The second-order valence-corrected chi connectivity index (χ2v) is 4.32. The lowest BCUT2D eigenvalue weighted by atomic mass is 10.3. The molecule has 0 radical (unpaired) electrons. The van der Waals surface area contributed by atoms with Gasteiger partial charge < -0.3 is 9.47 Å². The van der Waals surface area contributed by atoms with Gasteiger partial charge in [0.25, 0.3) is 0 Å². The summed E-state index contributed by atoms with van der Waals surface area (Å²) in [6.07, 6.45) is 2.66. The maximum absolute atomic E-state index is 5.53. The summed E-state index contributed by atoms with van der Waals surface area (Å²) in [5.74, 6) is 1.62. The molecule has 0 fully saturated rings. The van der Waals surface area contributed by atoms with Gasteiger partial charge in [-0.05, 0) is 55.0 Å². The maximum Gasteiger partial charge on any atom is 0.119 e. The van der Waals surface area contributed by atoms with Crippen molar-refractivity contribution in [3.8, 4) is 11.5 Å². The minimum Gasteiger partial charge on any atom is -0.497 e. The molecule has 0 atom stereocenters. The number of rotatable bonds is 7. The van der Waals surface area contributed by atoms with Gasteiger partial charge in [0.1, 0.15) is 11.5 Å². The monoisotopic (exact) mass is 282 g/mol. The predicted molar refractivity (Wildman–Crippen MR) is 83.9 cm³/mol. The molecule has 0 spiro atoms. The van der Waals surface area contributed by atoms with Gasteiger partial charge in [-0.25, -0.2) is 0 Å². The standard InChI is InChI=1S/C17H18N2O2/c1-3-4-13-21-17-11-7-15(8-12-17)19-18-14-5-9-16(20-2)10-6-14/h3,5-12H,1,4,13H2,2H3. The number of ether oxygens (including phenoxy) is 2. The zero-order valence-corrected chi connectivity index (χ0v) is 12.0. The first-order valence-electron chi connectivity index (χ1n) is 6.71. The molecular weight excluding hydrogens is 264 g/mol. The van der Waals surface area contributed by atoms with Crippen LogP contribution in [0, 0.1) is 0 Å². The molecule has 4 heteroatoms. The van der Waals surface area contributed by atoms with Crippen molar-refractivity contribution in [2.45, 2.75) is 6.42 Å². The second kappa shape index (κ2) is 7.85. The molecule has 21 heavy (non-hydrogen) atoms. The van der Waals surface area contributed by atoms with E-state index >= 15 is 0 Å². The first-order valence-corrected chi connectivity index (χ1v) is 6.71. The molecule has 4 nitrogen and oxygen atoms in total. The Morgan fingerprint density at radius 1 is 0.905 bits per heavy atom. The van der Waals surface area contributed by atoms with E-state index in [1.54, 1.807) is 7.11 Å². The summed E-state index contributed by atoms with van der Waals surface area (Å²) in [4.78, 5) is 0. The summed E-state index contributed by atoms with van der Waals surface area (Å²) in [6, 6.07) is 14.9. The van der Waals surface area contributed by atoms with Crippen LogP contribution in [-0.4, -0.2) is 13.7 Å². The van der Waals surface area contributed by atoms with Crippen molar-refractivity contribution in [2.24, 2.45) is 10.2 Å². The van der Waals surface area contributed by atoms with Crippen LogP contribution in [0.15, 0.2) is 71.4 Å². The maximum atomic E-state index is 5.53. The summed E-state index contributed by atoms with van der Waals surface area (Å²) in [6.45, 7) is 4.29. The first kappa shape index (κ1) is 14.8. The minimum atomic E-state index is 0.635. The highest BCUT2D eigenvalue weighted by molar-refractivity contribution is 5.44. The summed E-state index contributed by atoms with van der Waals surface area (Å²) >= 11 is 0. The van der Waals surface area contributed by atoms with E-state index in [-0.39, 0.29) is 0 Å². The van der Waals surface area contributed by atoms with E-state index in [1.807, 2.05) is 54.6 Å². The Kier molecular flexibility index (Phi) is 5.52. The molecule has 0 heterocycles. The van der Waals surface area contributed by atoms with E-state index in [2.05, 4.69) is 16.8 Å². The lowest BCUT2D eigenvalue weighted by molar-refractivity contribution is 0.325. The van der Waals surface area contributed by atoms with E-state index in [1.165, 1.54) is 0 Å². The fourth-order valence-electron chi connectivity index (χ4n) is 1.63. The van der Waals surface area contributed by atoms with Gasteiger partial charge in [0.2, 0.25) is 0 Å². The highest BCUT2D eigenvalue weighted by Crippen LogP contribution is 2.22. The van der Waals surface area contributed by atoms with Gasteiger partial charge in [-0.2, -0.15) is 10.2 Å². The van der Waals surface area contributed by atoms with Gasteiger partial charge in [0.15, 0.2) is 0 Å². The highest BCUT2D eigenvalue weighted by atomic mass is 16.5. The van der Waals surface area contributed by atoms with Crippen LogP contribution >= 0.6 is 0 Å². The fraction of sp³-hybridized carbons (Fsp3) is 0.176. The topological polar surface area (TPSA) is 43.2 Å². The molecule has 108 valence electrons. The molecule has 0 bridgehead atoms. The minimum absolute atomic E-state index is 0.635. The van der Waals surface area contributed by atoms with E-state index in [0.717, 1.165) is 29.3 Å². The summed E-state index contributed by atoms with van der Waals surface area (Å²) in [5.41, 5.74) is 1.56. The van der Waals surface area contributed by atoms with Crippen LogP contribution in [0.1, 0.15) is 6.42 Å². The normalized spacial score (nSPS) is 10.5. The molecular formula is C17H18N2O2. The third kappa shape index (κ3) is 4.76. The molecule has 0 N–H and O–H groups in total. The number of benzene rings is 2. The molecule has 0 aliphatic carbocycles. The van der Waals surface area contributed by atoms with Gasteiger partial charge in [-0.3, -0.25) is 0 Å². The van der Waals surface area contributed by atoms with E-state index < -0.39 is 0 Å². The van der Waals surface area contributed by atoms with Crippen molar-refractivity contribution < 1.29 is 9.47 Å². The number of hydrogen-bond donors (Lipinski definition) is 0. The Balaban J connectivity index is 1.95. The number of methoxy groups -OCH3 is 1. The number of azo groups is 1. The molecule has 0 aliphatic rings. The Bertz CT molecular complexity index is 589.